The Morgan fingerprint density at radius 2 is 1.59 bits per heavy atom. The van der Waals surface area contributed by atoms with Gasteiger partial charge in [0.1, 0.15) is 11.5 Å². The van der Waals surface area contributed by atoms with E-state index < -0.39 is 0 Å². The molecule has 1 unspecified atom stereocenters. The summed E-state index contributed by atoms with van der Waals surface area (Å²) in [6.07, 6.45) is 1.78. The summed E-state index contributed by atoms with van der Waals surface area (Å²) >= 11 is 0. The first-order valence-electron chi connectivity index (χ1n) is 9.40. The van der Waals surface area contributed by atoms with Gasteiger partial charge in [0.05, 0.1) is 20.3 Å². The smallest absolute Gasteiger partial charge is 0.253 e. The van der Waals surface area contributed by atoms with Crippen LogP contribution in [0.15, 0.2) is 42.5 Å². The summed E-state index contributed by atoms with van der Waals surface area (Å²) in [7, 11) is 3.25. The highest BCUT2D eigenvalue weighted by molar-refractivity contribution is 5.95. The van der Waals surface area contributed by atoms with Gasteiger partial charge in [0.2, 0.25) is 0 Å². The number of piperidine rings is 1. The summed E-state index contributed by atoms with van der Waals surface area (Å²) in [5.41, 5.74) is 2.55. The summed E-state index contributed by atoms with van der Waals surface area (Å²) in [6, 6.07) is 13.4. The number of aliphatic hydroxyl groups is 1. The minimum absolute atomic E-state index is 0.0375. The molecule has 2 bridgehead atoms. The van der Waals surface area contributed by atoms with Crippen LogP contribution >= 0.6 is 0 Å². The van der Waals surface area contributed by atoms with E-state index in [1.54, 1.807) is 14.2 Å². The number of hydrogen-bond acceptors (Lipinski definition) is 4. The van der Waals surface area contributed by atoms with Crippen molar-refractivity contribution in [3.63, 3.8) is 0 Å². The predicted molar refractivity (Wildman–Crippen MR) is 103 cm³/mol. The van der Waals surface area contributed by atoms with E-state index in [9.17, 15) is 9.90 Å². The van der Waals surface area contributed by atoms with Crippen molar-refractivity contribution in [1.82, 2.24) is 4.90 Å². The first-order valence-corrected chi connectivity index (χ1v) is 9.40. The maximum atomic E-state index is 13.0. The Morgan fingerprint density at radius 3 is 2.19 bits per heavy atom. The molecular formula is C22H25NO4. The zero-order chi connectivity index (χ0) is 19.0. The molecule has 1 heterocycles. The Morgan fingerprint density at radius 1 is 0.963 bits per heavy atom. The molecule has 1 N–H and O–H groups in total. The van der Waals surface area contributed by atoms with Gasteiger partial charge < -0.3 is 19.5 Å². The number of hydrogen-bond donors (Lipinski definition) is 1. The molecule has 2 aromatic rings. The third-order valence-corrected chi connectivity index (χ3v) is 5.87. The summed E-state index contributed by atoms with van der Waals surface area (Å²) < 4.78 is 10.7. The van der Waals surface area contributed by atoms with Crippen molar-refractivity contribution in [3.8, 4) is 22.6 Å². The maximum absolute atomic E-state index is 13.0. The van der Waals surface area contributed by atoms with Crippen LogP contribution in [0.5, 0.6) is 11.5 Å². The molecular weight excluding hydrogens is 342 g/mol. The van der Waals surface area contributed by atoms with Gasteiger partial charge in [-0.3, -0.25) is 4.79 Å². The normalized spacial score (nSPS) is 24.0. The van der Waals surface area contributed by atoms with Crippen molar-refractivity contribution in [2.45, 2.75) is 18.9 Å². The fourth-order valence-corrected chi connectivity index (χ4v) is 4.35. The van der Waals surface area contributed by atoms with E-state index in [4.69, 9.17) is 9.47 Å². The van der Waals surface area contributed by atoms with Crippen LogP contribution in [-0.2, 0) is 0 Å². The van der Waals surface area contributed by atoms with Gasteiger partial charge in [0.25, 0.3) is 5.91 Å². The van der Waals surface area contributed by atoms with Gasteiger partial charge in [0.15, 0.2) is 0 Å². The van der Waals surface area contributed by atoms with Crippen molar-refractivity contribution < 1.29 is 19.4 Å². The number of benzene rings is 2. The minimum atomic E-state index is -0.246. The molecule has 2 aromatic carbocycles. The Kier molecular flexibility index (Phi) is 4.79. The van der Waals surface area contributed by atoms with Gasteiger partial charge >= 0.3 is 0 Å². The van der Waals surface area contributed by atoms with Gasteiger partial charge in [-0.15, -0.1) is 0 Å². The highest BCUT2D eigenvalue weighted by Gasteiger charge is 2.42. The molecule has 2 aliphatic rings. The number of amides is 1. The van der Waals surface area contributed by atoms with Crippen LogP contribution in [0.1, 0.15) is 23.2 Å². The number of carbonyl (C=O) groups excluding carboxylic acids is 1. The molecule has 1 saturated carbocycles. The molecule has 0 spiro atoms. The van der Waals surface area contributed by atoms with Gasteiger partial charge in [-0.05, 0) is 48.2 Å². The summed E-state index contributed by atoms with van der Waals surface area (Å²) in [4.78, 5) is 15.0. The number of fused-ring (bicyclic) bond motifs is 2. The third-order valence-electron chi connectivity index (χ3n) is 5.87. The Hall–Kier alpha value is -2.53. The largest absolute Gasteiger partial charge is 0.497 e. The van der Waals surface area contributed by atoms with Crippen LogP contribution in [-0.4, -0.2) is 49.3 Å². The van der Waals surface area contributed by atoms with E-state index in [0.717, 1.165) is 24.0 Å². The number of methoxy groups -OCH3 is 2. The third kappa shape index (κ3) is 3.39. The molecule has 1 saturated heterocycles. The lowest BCUT2D eigenvalue weighted by Gasteiger charge is -2.35. The van der Waals surface area contributed by atoms with Gasteiger partial charge in [-0.25, -0.2) is 0 Å². The second-order valence-electron chi connectivity index (χ2n) is 7.48. The predicted octanol–water partition coefficient (Wildman–Crippen LogP) is 3.21. The van der Waals surface area contributed by atoms with Gasteiger partial charge in [-0.2, -0.15) is 0 Å². The van der Waals surface area contributed by atoms with Gasteiger partial charge in [-0.1, -0.05) is 12.1 Å². The second kappa shape index (κ2) is 7.24. The molecule has 3 atom stereocenters. The highest BCUT2D eigenvalue weighted by atomic mass is 16.5. The van der Waals surface area contributed by atoms with Crippen molar-refractivity contribution in [2.24, 2.45) is 11.8 Å². The minimum Gasteiger partial charge on any atom is -0.497 e. The molecule has 1 aliphatic heterocycles. The number of carbonyl (C=O) groups is 1. The molecule has 1 amide bonds. The van der Waals surface area contributed by atoms with Crippen molar-refractivity contribution in [1.29, 1.82) is 0 Å². The monoisotopic (exact) mass is 367 g/mol. The molecule has 142 valence electrons. The van der Waals surface area contributed by atoms with E-state index in [1.165, 1.54) is 0 Å². The SMILES string of the molecule is COc1cc(OC)cc(-c2cccc(C(=O)N3C[C@H]4CC[C@@H](C3)C4O)c2)c1. The molecule has 5 nitrogen and oxygen atoms in total. The molecule has 4 rings (SSSR count). The highest BCUT2D eigenvalue weighted by Crippen LogP contribution is 2.37. The quantitative estimate of drug-likeness (QED) is 0.901. The van der Waals surface area contributed by atoms with Crippen molar-refractivity contribution in [2.75, 3.05) is 27.3 Å². The average Bonchev–Trinajstić information content (AvgIpc) is 2.93. The van der Waals surface area contributed by atoms with Crippen molar-refractivity contribution >= 4 is 5.91 Å². The molecule has 1 aliphatic carbocycles. The lowest BCUT2D eigenvalue weighted by atomic mass is 9.94. The Labute approximate surface area is 159 Å². The molecule has 0 aromatic heterocycles. The molecule has 0 radical (unpaired) electrons. The molecule has 2 fully saturated rings. The lowest BCUT2D eigenvalue weighted by Crippen LogP contribution is -2.47. The van der Waals surface area contributed by atoms with E-state index in [-0.39, 0.29) is 23.8 Å². The number of rotatable bonds is 4. The number of aliphatic hydroxyl groups excluding tert-OH is 1. The molecule has 27 heavy (non-hydrogen) atoms. The van der Waals surface area contributed by atoms with Crippen LogP contribution < -0.4 is 9.47 Å². The van der Waals surface area contributed by atoms with E-state index in [1.807, 2.05) is 47.4 Å². The molecule has 5 heteroatoms. The fourth-order valence-electron chi connectivity index (χ4n) is 4.35. The summed E-state index contributed by atoms with van der Waals surface area (Å²) in [5.74, 6) is 1.90. The summed E-state index contributed by atoms with van der Waals surface area (Å²) in [5, 5.41) is 10.2. The number of ether oxygens (including phenoxy) is 2. The van der Waals surface area contributed by atoms with Crippen LogP contribution in [0, 0.1) is 11.8 Å². The fraction of sp³-hybridized carbons (Fsp3) is 0.409. The van der Waals surface area contributed by atoms with Crippen LogP contribution in [0.2, 0.25) is 0 Å². The van der Waals surface area contributed by atoms with Crippen molar-refractivity contribution in [3.05, 3.63) is 48.0 Å². The van der Waals surface area contributed by atoms with E-state index in [2.05, 4.69) is 0 Å². The van der Waals surface area contributed by atoms with Crippen LogP contribution in [0.4, 0.5) is 0 Å². The van der Waals surface area contributed by atoms with Crippen LogP contribution in [0.25, 0.3) is 11.1 Å². The Bertz CT molecular complexity index is 814. The second-order valence-corrected chi connectivity index (χ2v) is 7.48. The lowest BCUT2D eigenvalue weighted by molar-refractivity contribution is 0.0166. The number of nitrogens with zero attached hydrogens (tertiary/aromatic N) is 1. The summed E-state index contributed by atoms with van der Waals surface area (Å²) in [6.45, 7) is 1.29. The first kappa shape index (κ1) is 17.9. The Balaban J connectivity index is 1.60. The topological polar surface area (TPSA) is 59.0 Å². The number of likely N-dealkylation sites (tertiary alicyclic amines) is 1. The zero-order valence-electron chi connectivity index (χ0n) is 15.7. The standard InChI is InChI=1S/C22H25NO4/c1-26-19-9-18(10-20(11-19)27-2)14-4-3-5-15(8-14)22(25)23-12-16-6-7-17(13-23)21(16)24/h3-5,8-11,16-17,21,24H,6-7,12-13H2,1-2H3/t16-,17+,21?. The van der Waals surface area contributed by atoms with E-state index >= 15 is 0 Å². The average molecular weight is 367 g/mol. The van der Waals surface area contributed by atoms with E-state index in [0.29, 0.717) is 30.2 Å². The van der Waals surface area contributed by atoms with Gasteiger partial charge in [0, 0.05) is 36.6 Å². The zero-order valence-corrected chi connectivity index (χ0v) is 15.7. The first-order chi connectivity index (χ1) is 13.1. The van der Waals surface area contributed by atoms with Crippen LogP contribution in [0.3, 0.4) is 0 Å². The maximum Gasteiger partial charge on any atom is 0.253 e.